The van der Waals surface area contributed by atoms with Crippen LogP contribution in [0.25, 0.3) is 22.2 Å². The van der Waals surface area contributed by atoms with Crippen molar-refractivity contribution in [1.82, 2.24) is 14.9 Å². The molecule has 0 bridgehead atoms. The number of carbonyl (C=O) groups excluding carboxylic acids is 1. The van der Waals surface area contributed by atoms with Crippen LogP contribution in [0.1, 0.15) is 32.8 Å². The summed E-state index contributed by atoms with van der Waals surface area (Å²) in [6, 6.07) is 14.4. The van der Waals surface area contributed by atoms with Crippen LogP contribution in [0.5, 0.6) is 0 Å². The van der Waals surface area contributed by atoms with Crippen molar-refractivity contribution in [3.05, 3.63) is 80.8 Å². The number of nitrogens with zero attached hydrogens (tertiary/aromatic N) is 3. The fourth-order valence-corrected chi connectivity index (χ4v) is 5.12. The molecule has 0 N–H and O–H groups in total. The summed E-state index contributed by atoms with van der Waals surface area (Å²) in [6.07, 6.45) is 5.04. The van der Waals surface area contributed by atoms with Gasteiger partial charge in [-0.15, -0.1) is 11.3 Å². The monoisotopic (exact) mass is 477 g/mol. The van der Waals surface area contributed by atoms with Gasteiger partial charge in [0.1, 0.15) is 4.88 Å². The first-order valence-corrected chi connectivity index (χ1v) is 12.3. The highest BCUT2D eigenvalue weighted by Crippen LogP contribution is 2.32. The van der Waals surface area contributed by atoms with E-state index in [9.17, 15) is 4.79 Å². The normalized spacial score (nSPS) is 12.8. The molecule has 33 heavy (non-hydrogen) atoms. The Bertz CT molecular complexity index is 1290. The first-order chi connectivity index (χ1) is 16.1. The molecule has 4 aromatic rings. The Hall–Kier alpha value is -2.80. The molecule has 0 fully saturated rings. The molecule has 5 rings (SSSR count). The lowest BCUT2D eigenvalue weighted by Gasteiger charge is -2.23. The number of hydrogen-bond donors (Lipinski definition) is 0. The van der Waals surface area contributed by atoms with Gasteiger partial charge < -0.3 is 9.64 Å². The molecule has 0 atom stereocenters. The summed E-state index contributed by atoms with van der Waals surface area (Å²) < 4.78 is 5.29. The number of thiazole rings is 1. The summed E-state index contributed by atoms with van der Waals surface area (Å²) in [5.74, 6) is -0.0503. The van der Waals surface area contributed by atoms with Gasteiger partial charge in [-0.25, -0.2) is 4.98 Å². The zero-order chi connectivity index (χ0) is 22.8. The van der Waals surface area contributed by atoms with E-state index in [1.54, 1.807) is 18.8 Å². The zero-order valence-corrected chi connectivity index (χ0v) is 20.0. The molecular weight excluding hydrogens is 454 g/mol. The maximum absolute atomic E-state index is 13.2. The van der Waals surface area contributed by atoms with Gasteiger partial charge in [0.2, 0.25) is 0 Å². The van der Waals surface area contributed by atoms with Gasteiger partial charge in [-0.2, -0.15) is 0 Å². The van der Waals surface area contributed by atoms with E-state index in [0.717, 1.165) is 40.6 Å². The molecule has 2 aromatic carbocycles. The van der Waals surface area contributed by atoms with Crippen molar-refractivity contribution < 1.29 is 9.53 Å². The Morgan fingerprint density at radius 2 is 1.94 bits per heavy atom. The van der Waals surface area contributed by atoms with Crippen molar-refractivity contribution in [2.24, 2.45) is 0 Å². The lowest BCUT2D eigenvalue weighted by atomic mass is 10.00. The van der Waals surface area contributed by atoms with Gasteiger partial charge in [-0.3, -0.25) is 9.78 Å². The second-order valence-electron chi connectivity index (χ2n) is 8.26. The second kappa shape index (κ2) is 9.59. The number of benzene rings is 2. The molecule has 5 nitrogen and oxygen atoms in total. The van der Waals surface area contributed by atoms with E-state index in [0.29, 0.717) is 29.6 Å². The Kier molecular flexibility index (Phi) is 6.40. The van der Waals surface area contributed by atoms with Gasteiger partial charge in [0.25, 0.3) is 5.91 Å². The molecule has 0 saturated heterocycles. The number of halogens is 1. The van der Waals surface area contributed by atoms with Gasteiger partial charge in [0.05, 0.1) is 29.5 Å². The third kappa shape index (κ3) is 4.64. The number of pyridine rings is 1. The molecule has 2 aromatic heterocycles. The molecule has 0 aliphatic heterocycles. The van der Waals surface area contributed by atoms with E-state index < -0.39 is 0 Å². The van der Waals surface area contributed by atoms with Crippen LogP contribution in [-0.2, 0) is 24.1 Å². The molecular formula is C26H24ClN3O2S. The lowest BCUT2D eigenvalue weighted by Crippen LogP contribution is -2.33. The Morgan fingerprint density at radius 1 is 1.15 bits per heavy atom. The number of amides is 1. The summed E-state index contributed by atoms with van der Waals surface area (Å²) in [5, 5.41) is 1.79. The van der Waals surface area contributed by atoms with Crippen molar-refractivity contribution in [3.8, 4) is 11.3 Å². The van der Waals surface area contributed by atoms with Gasteiger partial charge >= 0.3 is 0 Å². The van der Waals surface area contributed by atoms with Crippen LogP contribution in [0.4, 0.5) is 0 Å². The van der Waals surface area contributed by atoms with Crippen molar-refractivity contribution >= 4 is 39.7 Å². The molecule has 1 amide bonds. The van der Waals surface area contributed by atoms with Gasteiger partial charge in [0, 0.05) is 36.2 Å². The average Bonchev–Trinajstić information content (AvgIpc) is 3.52. The van der Waals surface area contributed by atoms with Crippen molar-refractivity contribution in [2.75, 3.05) is 20.3 Å². The minimum absolute atomic E-state index is 0.0503. The first kappa shape index (κ1) is 22.0. The van der Waals surface area contributed by atoms with Crippen LogP contribution in [0.15, 0.2) is 54.2 Å². The highest BCUT2D eigenvalue weighted by molar-refractivity contribution is 7.11. The maximum atomic E-state index is 13.2. The summed E-state index contributed by atoms with van der Waals surface area (Å²) in [7, 11) is 1.65. The minimum Gasteiger partial charge on any atom is -0.383 e. The largest absolute Gasteiger partial charge is 0.383 e. The highest BCUT2D eigenvalue weighted by atomic mass is 35.5. The molecule has 1 aliphatic carbocycles. The smallest absolute Gasteiger partial charge is 0.265 e. The third-order valence-electron chi connectivity index (χ3n) is 6.08. The van der Waals surface area contributed by atoms with Crippen LogP contribution < -0.4 is 0 Å². The van der Waals surface area contributed by atoms with Gasteiger partial charge in [-0.1, -0.05) is 23.7 Å². The topological polar surface area (TPSA) is 55.3 Å². The van der Waals surface area contributed by atoms with Gasteiger partial charge in [-0.05, 0) is 66.3 Å². The summed E-state index contributed by atoms with van der Waals surface area (Å²) >= 11 is 7.49. The number of hydrogen-bond acceptors (Lipinski definition) is 5. The van der Waals surface area contributed by atoms with E-state index >= 15 is 0 Å². The Labute approximate surface area is 202 Å². The number of aryl methyl sites for hydroxylation is 2. The van der Waals surface area contributed by atoms with E-state index in [1.165, 1.54) is 28.9 Å². The quantitative estimate of drug-likeness (QED) is 0.338. The van der Waals surface area contributed by atoms with E-state index in [4.69, 9.17) is 21.3 Å². The Balaban J connectivity index is 1.60. The number of aromatic nitrogens is 2. The average molecular weight is 478 g/mol. The van der Waals surface area contributed by atoms with E-state index in [2.05, 4.69) is 23.2 Å². The minimum atomic E-state index is -0.0503. The molecule has 7 heteroatoms. The highest BCUT2D eigenvalue weighted by Gasteiger charge is 2.21. The lowest BCUT2D eigenvalue weighted by molar-refractivity contribution is 0.0685. The van der Waals surface area contributed by atoms with Crippen molar-refractivity contribution in [1.29, 1.82) is 0 Å². The molecule has 0 radical (unpaired) electrons. The predicted molar refractivity (Wildman–Crippen MR) is 133 cm³/mol. The van der Waals surface area contributed by atoms with Crippen molar-refractivity contribution in [3.63, 3.8) is 0 Å². The number of fused-ring (bicyclic) bond motifs is 2. The fourth-order valence-electron chi connectivity index (χ4n) is 4.41. The van der Waals surface area contributed by atoms with Crippen molar-refractivity contribution in [2.45, 2.75) is 25.8 Å². The van der Waals surface area contributed by atoms with Gasteiger partial charge in [0.15, 0.2) is 0 Å². The number of rotatable bonds is 7. The standard InChI is InChI=1S/C26H24ClN3O2S/c1-32-10-9-30(26(31)24-14-28-16-33-24)15-21-12-20-11-18-3-2-4-19(18)13-23(20)29-25(21)17-5-7-22(27)8-6-17/h5-8,11-14,16H,2-4,9-10,15H2,1H3. The van der Waals surface area contributed by atoms with E-state index in [1.807, 2.05) is 29.2 Å². The summed E-state index contributed by atoms with van der Waals surface area (Å²) in [6.45, 7) is 1.36. The molecule has 168 valence electrons. The number of carbonyl (C=O) groups is 1. The Morgan fingerprint density at radius 3 is 2.67 bits per heavy atom. The maximum Gasteiger partial charge on any atom is 0.265 e. The third-order valence-corrected chi connectivity index (χ3v) is 7.09. The first-order valence-electron chi connectivity index (χ1n) is 11.0. The van der Waals surface area contributed by atoms with Crippen LogP contribution in [0, 0.1) is 0 Å². The predicted octanol–water partition coefficient (Wildman–Crippen LogP) is 5.79. The number of methoxy groups -OCH3 is 1. The van der Waals surface area contributed by atoms with E-state index in [-0.39, 0.29) is 5.91 Å². The molecule has 0 saturated carbocycles. The molecule has 0 unspecified atom stereocenters. The zero-order valence-electron chi connectivity index (χ0n) is 18.4. The SMILES string of the molecule is COCCN(Cc1cc2cc3c(cc2nc1-c1ccc(Cl)cc1)CCC3)C(=O)c1cncs1. The molecule has 1 aliphatic rings. The second-order valence-corrected chi connectivity index (χ2v) is 9.58. The van der Waals surface area contributed by atoms with Crippen LogP contribution in [-0.4, -0.2) is 41.0 Å². The number of ether oxygens (including phenoxy) is 1. The van der Waals surface area contributed by atoms with Crippen LogP contribution >= 0.6 is 22.9 Å². The molecule has 0 spiro atoms. The summed E-state index contributed by atoms with van der Waals surface area (Å²) in [4.78, 5) is 24.8. The fraction of sp³-hybridized carbons (Fsp3) is 0.269. The van der Waals surface area contributed by atoms with Crippen LogP contribution in [0.3, 0.4) is 0 Å². The van der Waals surface area contributed by atoms with Crippen LogP contribution in [0.2, 0.25) is 5.02 Å². The molecule has 2 heterocycles. The summed E-state index contributed by atoms with van der Waals surface area (Å²) in [5.41, 5.74) is 8.32.